The van der Waals surface area contributed by atoms with Crippen molar-refractivity contribution >= 4 is 5.97 Å². The Kier molecular flexibility index (Phi) is 9.01. The SMILES string of the molecule is Cc1c(COc2cc(OCc3cncc(C#N)c3)c(CN3C[C@@H](O)C[C@H]3C(=O)O)cc2F)cccc1-c1ccc2c(c1)OCCO2. The van der Waals surface area contributed by atoms with Gasteiger partial charge in [0.2, 0.25) is 0 Å². The molecule has 3 heterocycles. The van der Waals surface area contributed by atoms with Gasteiger partial charge < -0.3 is 29.2 Å². The smallest absolute Gasteiger partial charge is 0.321 e. The van der Waals surface area contributed by atoms with Crippen LogP contribution in [0.2, 0.25) is 0 Å². The summed E-state index contributed by atoms with van der Waals surface area (Å²) in [7, 11) is 0. The Hall–Kier alpha value is -5.18. The number of fused-ring (bicyclic) bond motifs is 1. The molecule has 46 heavy (non-hydrogen) atoms. The zero-order valence-electron chi connectivity index (χ0n) is 25.1. The molecule has 1 aromatic heterocycles. The Morgan fingerprint density at radius 2 is 1.85 bits per heavy atom. The molecule has 6 rings (SSSR count). The summed E-state index contributed by atoms with van der Waals surface area (Å²) in [5.41, 5.74) is 5.14. The van der Waals surface area contributed by atoms with Crippen LogP contribution in [0.3, 0.4) is 0 Å². The maximum absolute atomic E-state index is 15.6. The number of β-amino-alcohol motifs (C(OH)–C–C–N with tert-alkyl or cyclic N) is 1. The fourth-order valence-electron chi connectivity index (χ4n) is 5.78. The van der Waals surface area contributed by atoms with Crippen molar-refractivity contribution in [2.45, 2.75) is 45.2 Å². The van der Waals surface area contributed by atoms with Crippen molar-refractivity contribution in [1.29, 1.82) is 5.26 Å². The van der Waals surface area contributed by atoms with Gasteiger partial charge in [0.25, 0.3) is 0 Å². The van der Waals surface area contributed by atoms with Gasteiger partial charge >= 0.3 is 5.97 Å². The summed E-state index contributed by atoms with van der Waals surface area (Å²) in [6.07, 6.45) is 2.27. The first-order valence-electron chi connectivity index (χ1n) is 14.8. The van der Waals surface area contributed by atoms with Crippen LogP contribution in [0.4, 0.5) is 4.39 Å². The molecule has 0 spiro atoms. The van der Waals surface area contributed by atoms with E-state index >= 15 is 4.39 Å². The predicted octanol–water partition coefficient (Wildman–Crippen LogP) is 5.02. The van der Waals surface area contributed by atoms with Gasteiger partial charge in [-0.1, -0.05) is 24.3 Å². The third kappa shape index (κ3) is 6.73. The molecule has 0 amide bonds. The van der Waals surface area contributed by atoms with Gasteiger partial charge in [-0.2, -0.15) is 5.26 Å². The van der Waals surface area contributed by atoms with E-state index in [0.29, 0.717) is 41.4 Å². The highest BCUT2D eigenvalue weighted by Gasteiger charge is 2.36. The third-order valence-electron chi connectivity index (χ3n) is 8.16. The fraction of sp³-hybridized carbons (Fsp3) is 0.286. The summed E-state index contributed by atoms with van der Waals surface area (Å²) in [6.45, 7) is 3.25. The number of carboxylic acids is 1. The lowest BCUT2D eigenvalue weighted by molar-refractivity contribution is -0.142. The molecule has 3 aromatic carbocycles. The molecule has 11 heteroatoms. The topological polar surface area (TPSA) is 134 Å². The number of aromatic nitrogens is 1. The molecule has 0 saturated carbocycles. The van der Waals surface area contributed by atoms with E-state index in [2.05, 4.69) is 4.98 Å². The van der Waals surface area contributed by atoms with Gasteiger partial charge in [-0.25, -0.2) is 4.39 Å². The molecular formula is C35H32FN3O7. The van der Waals surface area contributed by atoms with Crippen molar-refractivity contribution in [3.63, 3.8) is 0 Å². The Balaban J connectivity index is 1.25. The number of nitrogens with zero attached hydrogens (tertiary/aromatic N) is 3. The van der Waals surface area contributed by atoms with Gasteiger partial charge in [0.05, 0.1) is 11.7 Å². The number of ether oxygens (including phenoxy) is 4. The number of hydrogen-bond acceptors (Lipinski definition) is 9. The Morgan fingerprint density at radius 1 is 1.04 bits per heavy atom. The molecular weight excluding hydrogens is 593 g/mol. The minimum atomic E-state index is -1.06. The zero-order chi connectivity index (χ0) is 32.2. The molecule has 0 radical (unpaired) electrons. The first-order valence-corrected chi connectivity index (χ1v) is 14.8. The molecule has 2 aliphatic heterocycles. The van der Waals surface area contributed by atoms with Crippen LogP contribution < -0.4 is 18.9 Å². The standard InChI is InChI=1S/C35H32FN3O7/c1-21-25(3-2-4-28(21)24-5-6-31-34(11-24)44-8-7-43-31)20-46-33-13-32(45-19-23-9-22(14-37)15-38-16-23)26(10-29(33)36)17-39-18-27(40)12-30(39)35(41)42/h2-6,9-11,13,15-16,27,30,40H,7-8,12,17-20H2,1H3,(H,41,42)/t27-,30-/m0/s1. The van der Waals surface area contributed by atoms with E-state index in [-0.39, 0.29) is 44.2 Å². The number of aliphatic hydroxyl groups excluding tert-OH is 1. The average Bonchev–Trinajstić information content (AvgIpc) is 3.44. The van der Waals surface area contributed by atoms with E-state index in [1.807, 2.05) is 49.4 Å². The number of pyridine rings is 1. The first-order chi connectivity index (χ1) is 22.3. The largest absolute Gasteiger partial charge is 0.488 e. The average molecular weight is 626 g/mol. The van der Waals surface area contributed by atoms with Crippen molar-refractivity contribution < 1.29 is 38.3 Å². The fourth-order valence-corrected chi connectivity index (χ4v) is 5.78. The van der Waals surface area contributed by atoms with E-state index in [9.17, 15) is 20.3 Å². The molecule has 2 N–H and O–H groups in total. The highest BCUT2D eigenvalue weighted by atomic mass is 19.1. The number of aliphatic carboxylic acids is 1. The summed E-state index contributed by atoms with van der Waals surface area (Å²) >= 11 is 0. The Labute approximate surface area is 265 Å². The second kappa shape index (κ2) is 13.4. The molecule has 236 valence electrons. The highest BCUT2D eigenvalue weighted by molar-refractivity contribution is 5.74. The highest BCUT2D eigenvalue weighted by Crippen LogP contribution is 2.37. The van der Waals surface area contributed by atoms with E-state index in [0.717, 1.165) is 22.3 Å². The first kappa shape index (κ1) is 30.8. The monoisotopic (exact) mass is 625 g/mol. The van der Waals surface area contributed by atoms with Gasteiger partial charge in [-0.05, 0) is 53.4 Å². The lowest BCUT2D eigenvalue weighted by Crippen LogP contribution is -2.35. The lowest BCUT2D eigenvalue weighted by Gasteiger charge is -2.23. The van der Waals surface area contributed by atoms with Crippen LogP contribution in [0.25, 0.3) is 11.1 Å². The van der Waals surface area contributed by atoms with Crippen LogP contribution in [0.1, 0.15) is 34.2 Å². The van der Waals surface area contributed by atoms with E-state index in [1.54, 1.807) is 17.2 Å². The van der Waals surface area contributed by atoms with Crippen molar-refractivity contribution in [2.24, 2.45) is 0 Å². The molecule has 2 atom stereocenters. The quantitative estimate of drug-likeness (QED) is 0.248. The summed E-state index contributed by atoms with van der Waals surface area (Å²) in [6, 6.07) is 17.1. The van der Waals surface area contributed by atoms with Crippen LogP contribution in [0.15, 0.2) is 67.0 Å². The van der Waals surface area contributed by atoms with Gasteiger partial charge in [-0.15, -0.1) is 0 Å². The van der Waals surface area contributed by atoms with Crippen molar-refractivity contribution in [2.75, 3.05) is 19.8 Å². The minimum absolute atomic E-state index is 0.0300. The maximum atomic E-state index is 15.6. The van der Waals surface area contributed by atoms with Gasteiger partial charge in [0.15, 0.2) is 23.1 Å². The maximum Gasteiger partial charge on any atom is 0.321 e. The molecule has 10 nitrogen and oxygen atoms in total. The third-order valence-corrected chi connectivity index (χ3v) is 8.16. The number of carboxylic acid groups (broad SMARTS) is 1. The summed E-state index contributed by atoms with van der Waals surface area (Å²) in [5, 5.41) is 29.0. The number of aliphatic hydroxyl groups is 1. The van der Waals surface area contributed by atoms with Crippen molar-refractivity contribution in [1.82, 2.24) is 9.88 Å². The van der Waals surface area contributed by atoms with Crippen molar-refractivity contribution in [3.05, 3.63) is 101 Å². The zero-order valence-corrected chi connectivity index (χ0v) is 25.1. The molecule has 1 fully saturated rings. The van der Waals surface area contributed by atoms with Crippen LogP contribution >= 0.6 is 0 Å². The van der Waals surface area contributed by atoms with Gasteiger partial charge in [0, 0.05) is 49.1 Å². The van der Waals surface area contributed by atoms with Gasteiger partial charge in [-0.3, -0.25) is 14.7 Å². The molecule has 0 bridgehead atoms. The van der Waals surface area contributed by atoms with E-state index < -0.39 is 23.9 Å². The second-order valence-corrected chi connectivity index (χ2v) is 11.3. The second-order valence-electron chi connectivity index (χ2n) is 11.3. The molecule has 1 saturated heterocycles. The number of benzene rings is 3. The number of halogens is 1. The Bertz CT molecular complexity index is 1810. The molecule has 4 aromatic rings. The van der Waals surface area contributed by atoms with Crippen LogP contribution in [-0.4, -0.2) is 58.0 Å². The number of likely N-dealkylation sites (tertiary alicyclic amines) is 1. The van der Waals surface area contributed by atoms with Crippen molar-refractivity contribution in [3.8, 4) is 40.2 Å². The van der Waals surface area contributed by atoms with Gasteiger partial charge in [0.1, 0.15) is 44.3 Å². The lowest BCUT2D eigenvalue weighted by atomic mass is 9.96. The summed E-state index contributed by atoms with van der Waals surface area (Å²) in [4.78, 5) is 17.5. The summed E-state index contributed by atoms with van der Waals surface area (Å²) in [5.74, 6) is -0.0604. The van der Waals surface area contributed by atoms with E-state index in [1.165, 1.54) is 18.3 Å². The number of rotatable bonds is 10. The molecule has 0 unspecified atom stereocenters. The van der Waals surface area contributed by atoms with E-state index in [4.69, 9.17) is 18.9 Å². The van der Waals surface area contributed by atoms with Crippen LogP contribution in [0.5, 0.6) is 23.0 Å². The normalized spacial score (nSPS) is 17.3. The van der Waals surface area contributed by atoms with Crippen LogP contribution in [-0.2, 0) is 24.6 Å². The molecule has 0 aliphatic carbocycles. The Morgan fingerprint density at radius 3 is 2.65 bits per heavy atom. The number of hydrogen-bond donors (Lipinski definition) is 2. The summed E-state index contributed by atoms with van der Waals surface area (Å²) < 4.78 is 39.1. The van der Waals surface area contributed by atoms with Crippen LogP contribution in [0, 0.1) is 24.1 Å². The number of nitriles is 1. The minimum Gasteiger partial charge on any atom is -0.488 e. The predicted molar refractivity (Wildman–Crippen MR) is 164 cm³/mol. The molecule has 2 aliphatic rings. The number of carbonyl (C=O) groups is 1.